The molecule has 0 fully saturated rings. The first-order chi connectivity index (χ1) is 13.1. The average molecular weight is 380 g/mol. The van der Waals surface area contributed by atoms with Gasteiger partial charge < -0.3 is 9.57 Å². The number of nitrogens with zero attached hydrogens (tertiary/aromatic N) is 1. The second-order valence-corrected chi connectivity index (χ2v) is 8.70. The van der Waals surface area contributed by atoms with Crippen molar-refractivity contribution in [2.24, 2.45) is 5.16 Å². The van der Waals surface area contributed by atoms with Gasteiger partial charge >= 0.3 is 5.97 Å². The molecule has 2 aromatic rings. The van der Waals surface area contributed by atoms with Crippen molar-refractivity contribution in [2.75, 3.05) is 0 Å². The highest BCUT2D eigenvalue weighted by Crippen LogP contribution is 2.36. The number of carbonyl (C=O) groups excluding carboxylic acids is 1. The Morgan fingerprint density at radius 1 is 0.964 bits per heavy atom. The van der Waals surface area contributed by atoms with Crippen molar-refractivity contribution in [2.45, 2.75) is 66.1 Å². The van der Waals surface area contributed by atoms with E-state index in [9.17, 15) is 4.79 Å². The van der Waals surface area contributed by atoms with Gasteiger partial charge in [0.2, 0.25) is 6.10 Å². The van der Waals surface area contributed by atoms with Crippen molar-refractivity contribution in [1.82, 2.24) is 0 Å². The van der Waals surface area contributed by atoms with Crippen LogP contribution in [0.2, 0.25) is 0 Å². The Balaban J connectivity index is 2.07. The third kappa shape index (κ3) is 4.11. The van der Waals surface area contributed by atoms with Crippen LogP contribution in [0.1, 0.15) is 60.1 Å². The molecule has 4 nitrogen and oxygen atoms in total. The van der Waals surface area contributed by atoms with E-state index in [-0.39, 0.29) is 11.9 Å². The van der Waals surface area contributed by atoms with Crippen molar-refractivity contribution in [1.29, 1.82) is 0 Å². The predicted octanol–water partition coefficient (Wildman–Crippen LogP) is 5.15. The molecule has 0 radical (unpaired) electrons. The number of esters is 1. The van der Waals surface area contributed by atoms with E-state index >= 15 is 0 Å². The molecule has 0 amide bonds. The van der Waals surface area contributed by atoms with Gasteiger partial charge in [0, 0.05) is 5.56 Å². The monoisotopic (exact) mass is 379 g/mol. The summed E-state index contributed by atoms with van der Waals surface area (Å²) in [5.74, 6) is -0.699. The van der Waals surface area contributed by atoms with Crippen molar-refractivity contribution in [3.63, 3.8) is 0 Å². The summed E-state index contributed by atoms with van der Waals surface area (Å²) in [5.41, 5.74) is 6.86. The average Bonchev–Trinajstić information content (AvgIpc) is 2.98. The lowest BCUT2D eigenvalue weighted by Gasteiger charge is -2.25. The number of rotatable bonds is 3. The summed E-state index contributed by atoms with van der Waals surface area (Å²) in [6.07, 6.45) is -0.794. The van der Waals surface area contributed by atoms with Gasteiger partial charge in [0.25, 0.3) is 0 Å². The van der Waals surface area contributed by atoms with Crippen LogP contribution in [0, 0.1) is 27.7 Å². The number of oxime groups is 1. The second-order valence-electron chi connectivity index (χ2n) is 8.70. The topological polar surface area (TPSA) is 47.9 Å². The summed E-state index contributed by atoms with van der Waals surface area (Å²) in [7, 11) is 0. The standard InChI is InChI=1S/C24H29NO3/c1-14-8-10-18(11-9-14)20-21(19-16(3)12-15(2)13-17(19)4)25-28-22(20)23(26)27-24(5,6)7/h8-13,20,22H,1-7H3/t20-,22-/m1/s1. The smallest absolute Gasteiger partial charge is 0.351 e. The molecule has 1 aliphatic heterocycles. The van der Waals surface area contributed by atoms with Gasteiger partial charge in [0.05, 0.1) is 11.6 Å². The molecule has 0 aliphatic carbocycles. The van der Waals surface area contributed by atoms with Crippen molar-refractivity contribution >= 4 is 11.7 Å². The molecule has 1 heterocycles. The first kappa shape index (κ1) is 20.1. The molecule has 0 spiro atoms. The van der Waals surface area contributed by atoms with Crippen LogP contribution in [0.5, 0.6) is 0 Å². The van der Waals surface area contributed by atoms with Gasteiger partial charge in [-0.15, -0.1) is 0 Å². The first-order valence-electron chi connectivity index (χ1n) is 9.68. The van der Waals surface area contributed by atoms with E-state index in [2.05, 4.69) is 38.1 Å². The molecular weight excluding hydrogens is 350 g/mol. The van der Waals surface area contributed by atoms with Crippen LogP contribution in [-0.2, 0) is 14.4 Å². The lowest BCUT2D eigenvalue weighted by Crippen LogP contribution is -2.36. The number of hydrogen-bond acceptors (Lipinski definition) is 4. The zero-order valence-electron chi connectivity index (χ0n) is 17.8. The van der Waals surface area contributed by atoms with Crippen LogP contribution < -0.4 is 0 Å². The third-order valence-electron chi connectivity index (χ3n) is 4.87. The molecule has 28 heavy (non-hydrogen) atoms. The number of carbonyl (C=O) groups is 1. The molecule has 1 aliphatic rings. The maximum Gasteiger partial charge on any atom is 0.351 e. The van der Waals surface area contributed by atoms with Crippen LogP contribution in [0.4, 0.5) is 0 Å². The minimum Gasteiger partial charge on any atom is -0.457 e. The Morgan fingerprint density at radius 2 is 1.54 bits per heavy atom. The maximum atomic E-state index is 12.9. The molecular formula is C24H29NO3. The summed E-state index contributed by atoms with van der Waals surface area (Å²) in [6.45, 7) is 13.8. The number of benzene rings is 2. The normalized spacial score (nSPS) is 19.2. The van der Waals surface area contributed by atoms with E-state index in [0.29, 0.717) is 0 Å². The molecule has 0 saturated heterocycles. The van der Waals surface area contributed by atoms with Gasteiger partial charge in [-0.1, -0.05) is 52.7 Å². The molecule has 148 valence electrons. The van der Waals surface area contributed by atoms with Gasteiger partial charge in [0.15, 0.2) is 0 Å². The van der Waals surface area contributed by atoms with E-state index in [1.807, 2.05) is 52.0 Å². The number of ether oxygens (including phenoxy) is 1. The van der Waals surface area contributed by atoms with Crippen LogP contribution >= 0.6 is 0 Å². The summed E-state index contributed by atoms with van der Waals surface area (Å²) in [5, 5.41) is 4.39. The molecule has 2 atom stereocenters. The van der Waals surface area contributed by atoms with E-state index in [1.54, 1.807) is 0 Å². The Labute approximate surface area is 167 Å². The third-order valence-corrected chi connectivity index (χ3v) is 4.87. The molecule has 2 aromatic carbocycles. The van der Waals surface area contributed by atoms with Crippen LogP contribution in [0.25, 0.3) is 0 Å². The molecule has 0 aromatic heterocycles. The Hall–Kier alpha value is -2.62. The van der Waals surface area contributed by atoms with Crippen LogP contribution in [0.15, 0.2) is 41.6 Å². The fraction of sp³-hybridized carbons (Fsp3) is 0.417. The van der Waals surface area contributed by atoms with E-state index in [1.165, 1.54) is 5.56 Å². The minimum atomic E-state index is -0.794. The fourth-order valence-electron chi connectivity index (χ4n) is 3.81. The van der Waals surface area contributed by atoms with E-state index < -0.39 is 11.7 Å². The molecule has 0 saturated carbocycles. The molecule has 0 unspecified atom stereocenters. The molecule has 4 heteroatoms. The minimum absolute atomic E-state index is 0.310. The summed E-state index contributed by atoms with van der Waals surface area (Å²) >= 11 is 0. The second kappa shape index (κ2) is 7.42. The SMILES string of the molecule is Cc1ccc([C@@H]2C(c3c(C)cc(C)cc3C)=NO[C@H]2C(=O)OC(C)(C)C)cc1. The zero-order valence-corrected chi connectivity index (χ0v) is 17.8. The van der Waals surface area contributed by atoms with Gasteiger partial charge in [-0.05, 0) is 65.2 Å². The summed E-state index contributed by atoms with van der Waals surface area (Å²) in [4.78, 5) is 18.6. The largest absolute Gasteiger partial charge is 0.457 e. The van der Waals surface area contributed by atoms with Gasteiger partial charge in [-0.2, -0.15) is 0 Å². The zero-order chi connectivity index (χ0) is 20.6. The van der Waals surface area contributed by atoms with Gasteiger partial charge in [-0.3, -0.25) is 0 Å². The van der Waals surface area contributed by atoms with Gasteiger partial charge in [-0.25, -0.2) is 4.79 Å². The van der Waals surface area contributed by atoms with Crippen LogP contribution in [-0.4, -0.2) is 23.4 Å². The summed E-state index contributed by atoms with van der Waals surface area (Å²) in [6, 6.07) is 12.5. The summed E-state index contributed by atoms with van der Waals surface area (Å²) < 4.78 is 5.62. The van der Waals surface area contributed by atoms with Crippen molar-refractivity contribution in [3.05, 3.63) is 69.8 Å². The van der Waals surface area contributed by atoms with E-state index in [0.717, 1.165) is 33.5 Å². The van der Waals surface area contributed by atoms with E-state index in [4.69, 9.17) is 9.57 Å². The predicted molar refractivity (Wildman–Crippen MR) is 112 cm³/mol. The van der Waals surface area contributed by atoms with Crippen molar-refractivity contribution < 1.29 is 14.4 Å². The maximum absolute atomic E-state index is 12.9. The highest BCUT2D eigenvalue weighted by Gasteiger charge is 2.44. The Kier molecular flexibility index (Phi) is 5.33. The molecule has 3 rings (SSSR count). The Morgan fingerprint density at radius 3 is 2.07 bits per heavy atom. The highest BCUT2D eigenvalue weighted by molar-refractivity contribution is 6.10. The van der Waals surface area contributed by atoms with Gasteiger partial charge in [0.1, 0.15) is 5.60 Å². The molecule has 0 bridgehead atoms. The highest BCUT2D eigenvalue weighted by atomic mass is 16.7. The number of hydrogen-bond donors (Lipinski definition) is 0. The lowest BCUT2D eigenvalue weighted by molar-refractivity contribution is -0.167. The number of aryl methyl sites for hydroxylation is 4. The Bertz CT molecular complexity index is 897. The lowest BCUT2D eigenvalue weighted by atomic mass is 9.82. The first-order valence-corrected chi connectivity index (χ1v) is 9.68. The van der Waals surface area contributed by atoms with Crippen molar-refractivity contribution in [3.8, 4) is 0 Å². The quantitative estimate of drug-likeness (QED) is 0.693. The fourth-order valence-corrected chi connectivity index (χ4v) is 3.81. The molecule has 0 N–H and O–H groups in total. The van der Waals surface area contributed by atoms with Crippen LogP contribution in [0.3, 0.4) is 0 Å².